The summed E-state index contributed by atoms with van der Waals surface area (Å²) >= 11 is 0. The lowest BCUT2D eigenvalue weighted by atomic mass is 9.60. The molecule has 174 valence electrons. The quantitative estimate of drug-likeness (QED) is 0.750. The normalized spacial score (nSPS) is 24.3. The zero-order valence-corrected chi connectivity index (χ0v) is 19.0. The van der Waals surface area contributed by atoms with Crippen LogP contribution in [0.3, 0.4) is 0 Å². The van der Waals surface area contributed by atoms with Crippen LogP contribution in [0.25, 0.3) is 0 Å². The second kappa shape index (κ2) is 8.67. The molecule has 3 fully saturated rings. The fourth-order valence-electron chi connectivity index (χ4n) is 6.05. The molecular weight excluding hydrogens is 418 g/mol. The van der Waals surface area contributed by atoms with Crippen LogP contribution < -0.4 is 15.4 Å². The number of fused-ring (bicyclic) bond motifs is 1. The average molecular weight is 450 g/mol. The van der Waals surface area contributed by atoms with Gasteiger partial charge < -0.3 is 20.3 Å². The Labute approximate surface area is 194 Å². The van der Waals surface area contributed by atoms with Gasteiger partial charge in [-0.05, 0) is 43.0 Å². The van der Waals surface area contributed by atoms with Crippen molar-refractivity contribution < 1.29 is 14.3 Å². The number of methoxy groups -OCH3 is 1. The molecule has 1 aromatic heterocycles. The number of pyridine rings is 1. The highest BCUT2D eigenvalue weighted by Gasteiger charge is 2.63. The number of carbonyl (C=O) groups excluding carboxylic acids is 2. The molecule has 1 atom stereocenters. The number of ether oxygens (including phenoxy) is 1. The molecule has 8 nitrogen and oxygen atoms in total. The Balaban J connectivity index is 1.29. The maximum Gasteiger partial charge on any atom is 0.321 e. The first kappa shape index (κ1) is 21.7. The van der Waals surface area contributed by atoms with E-state index in [4.69, 9.17) is 4.74 Å². The molecule has 0 bridgehead atoms. The number of piperidine rings is 1. The topological polar surface area (TPSA) is 86.8 Å². The van der Waals surface area contributed by atoms with Gasteiger partial charge in [0, 0.05) is 68.8 Å². The largest absolute Gasteiger partial charge is 0.497 e. The molecule has 33 heavy (non-hydrogen) atoms. The Morgan fingerprint density at radius 2 is 2.03 bits per heavy atom. The van der Waals surface area contributed by atoms with Crippen LogP contribution in [0, 0.1) is 10.8 Å². The summed E-state index contributed by atoms with van der Waals surface area (Å²) in [5.41, 5.74) is 1.40. The van der Waals surface area contributed by atoms with Gasteiger partial charge in [-0.2, -0.15) is 0 Å². The molecule has 3 amide bonds. The number of hydrogen-bond donors (Lipinski definition) is 2. The van der Waals surface area contributed by atoms with Crippen LogP contribution in [0.4, 0.5) is 10.5 Å². The van der Waals surface area contributed by atoms with Crippen LogP contribution in [0.5, 0.6) is 5.75 Å². The number of amides is 3. The summed E-state index contributed by atoms with van der Waals surface area (Å²) in [6.45, 7) is 4.47. The summed E-state index contributed by atoms with van der Waals surface area (Å²) in [5.74, 6) is 0.893. The van der Waals surface area contributed by atoms with E-state index in [9.17, 15) is 9.59 Å². The maximum absolute atomic E-state index is 13.1. The van der Waals surface area contributed by atoms with Gasteiger partial charge in [-0.3, -0.25) is 14.7 Å². The zero-order valence-electron chi connectivity index (χ0n) is 19.0. The van der Waals surface area contributed by atoms with E-state index < -0.39 is 0 Å². The summed E-state index contributed by atoms with van der Waals surface area (Å²) in [5, 5.41) is 6.09. The zero-order chi connectivity index (χ0) is 22.9. The Morgan fingerprint density at radius 1 is 1.18 bits per heavy atom. The first-order valence-electron chi connectivity index (χ1n) is 11.6. The Bertz CT molecular complexity index is 1020. The smallest absolute Gasteiger partial charge is 0.321 e. The van der Waals surface area contributed by atoms with Gasteiger partial charge in [0.15, 0.2) is 0 Å². The maximum atomic E-state index is 13.1. The molecule has 1 aromatic carbocycles. The van der Waals surface area contributed by atoms with Crippen molar-refractivity contribution in [1.82, 2.24) is 20.1 Å². The average Bonchev–Trinajstić information content (AvgIpc) is 3.35. The minimum atomic E-state index is -0.370. The Morgan fingerprint density at radius 3 is 2.73 bits per heavy atom. The van der Waals surface area contributed by atoms with Crippen molar-refractivity contribution in [2.45, 2.75) is 25.8 Å². The van der Waals surface area contributed by atoms with Gasteiger partial charge in [0.2, 0.25) is 5.91 Å². The first-order valence-corrected chi connectivity index (χ1v) is 11.6. The van der Waals surface area contributed by atoms with Crippen LogP contribution in [0.15, 0.2) is 48.8 Å². The highest BCUT2D eigenvalue weighted by atomic mass is 16.5. The van der Waals surface area contributed by atoms with Gasteiger partial charge in [-0.15, -0.1) is 0 Å². The molecule has 8 heteroatoms. The third kappa shape index (κ3) is 3.93. The van der Waals surface area contributed by atoms with Crippen molar-refractivity contribution in [2.24, 2.45) is 10.8 Å². The molecule has 0 unspecified atom stereocenters. The van der Waals surface area contributed by atoms with Gasteiger partial charge in [0.1, 0.15) is 5.75 Å². The standard InChI is InChI=1S/C25H31N5O3/c1-33-21-6-2-5-20(14-21)28-23(32)30-12-8-24(9-13-30)17-29(16-19-4-3-10-26-15-19)18-25(24)7-11-27-22(25)31/h2-6,10,14-15H,7-9,11-13,16-18H2,1H3,(H,27,31)(H,28,32)/t25-/m0/s1. The van der Waals surface area contributed by atoms with Crippen molar-refractivity contribution in [1.29, 1.82) is 0 Å². The van der Waals surface area contributed by atoms with Crippen LogP contribution in [-0.2, 0) is 11.3 Å². The number of benzene rings is 1. The second-order valence-corrected chi connectivity index (χ2v) is 9.52. The van der Waals surface area contributed by atoms with Crippen LogP contribution in [-0.4, -0.2) is 66.6 Å². The van der Waals surface area contributed by atoms with Crippen molar-refractivity contribution in [3.05, 3.63) is 54.4 Å². The lowest BCUT2D eigenvalue weighted by Crippen LogP contribution is -2.53. The number of aromatic nitrogens is 1. The van der Waals surface area contributed by atoms with Crippen molar-refractivity contribution in [3.8, 4) is 5.75 Å². The molecule has 3 aliphatic heterocycles. The minimum absolute atomic E-state index is 0.103. The van der Waals surface area contributed by atoms with E-state index >= 15 is 0 Å². The van der Waals surface area contributed by atoms with Gasteiger partial charge in [-0.25, -0.2) is 4.79 Å². The molecule has 0 saturated carbocycles. The number of nitrogens with zero attached hydrogens (tertiary/aromatic N) is 3. The van der Waals surface area contributed by atoms with E-state index in [1.165, 1.54) is 5.56 Å². The highest BCUT2D eigenvalue weighted by molar-refractivity contribution is 5.90. The van der Waals surface area contributed by atoms with Gasteiger partial charge in [0.25, 0.3) is 0 Å². The third-order valence-corrected chi connectivity index (χ3v) is 7.76. The van der Waals surface area contributed by atoms with Gasteiger partial charge in [-0.1, -0.05) is 12.1 Å². The van der Waals surface area contributed by atoms with Gasteiger partial charge >= 0.3 is 6.03 Å². The van der Waals surface area contributed by atoms with Crippen molar-refractivity contribution in [3.63, 3.8) is 0 Å². The molecular formula is C25H31N5O3. The number of likely N-dealkylation sites (tertiary alicyclic amines) is 2. The predicted molar refractivity (Wildman–Crippen MR) is 125 cm³/mol. The fraction of sp³-hybridized carbons (Fsp3) is 0.480. The summed E-state index contributed by atoms with van der Waals surface area (Å²) in [7, 11) is 1.61. The van der Waals surface area contributed by atoms with Gasteiger partial charge in [0.05, 0.1) is 12.5 Å². The number of urea groups is 1. The second-order valence-electron chi connectivity index (χ2n) is 9.52. The summed E-state index contributed by atoms with van der Waals surface area (Å²) < 4.78 is 5.25. The molecule has 5 rings (SSSR count). The van der Waals surface area contributed by atoms with E-state index in [1.807, 2.05) is 41.4 Å². The summed E-state index contributed by atoms with van der Waals surface area (Å²) in [4.78, 5) is 34.6. The molecule has 2 N–H and O–H groups in total. The van der Waals surface area contributed by atoms with Crippen LogP contribution >= 0.6 is 0 Å². The fourth-order valence-corrected chi connectivity index (χ4v) is 6.05. The molecule has 3 aliphatic rings. The highest BCUT2D eigenvalue weighted by Crippen LogP contribution is 2.56. The number of carbonyl (C=O) groups is 2. The van der Waals surface area contributed by atoms with E-state index in [1.54, 1.807) is 13.3 Å². The Hall–Kier alpha value is -3.13. The third-order valence-electron chi connectivity index (χ3n) is 7.76. The van der Waals surface area contributed by atoms with E-state index in [0.29, 0.717) is 18.8 Å². The van der Waals surface area contributed by atoms with Crippen molar-refractivity contribution in [2.75, 3.05) is 45.2 Å². The minimum Gasteiger partial charge on any atom is -0.497 e. The lowest BCUT2D eigenvalue weighted by molar-refractivity contribution is -0.133. The Kier molecular flexibility index (Phi) is 5.70. The van der Waals surface area contributed by atoms with E-state index in [-0.39, 0.29) is 22.8 Å². The molecule has 0 aliphatic carbocycles. The molecule has 0 radical (unpaired) electrons. The lowest BCUT2D eigenvalue weighted by Gasteiger charge is -2.46. The SMILES string of the molecule is COc1cccc(NC(=O)N2CCC3(CC2)CN(Cc2cccnc2)C[C@]32CCNC2=O)c1. The molecule has 3 saturated heterocycles. The van der Waals surface area contributed by atoms with Crippen LogP contribution in [0.2, 0.25) is 0 Å². The van der Waals surface area contributed by atoms with E-state index in [0.717, 1.165) is 51.1 Å². The summed E-state index contributed by atoms with van der Waals surface area (Å²) in [6, 6.07) is 11.3. The van der Waals surface area contributed by atoms with Crippen LogP contribution in [0.1, 0.15) is 24.8 Å². The molecule has 2 spiro atoms. The van der Waals surface area contributed by atoms with E-state index in [2.05, 4.69) is 26.6 Å². The first-order chi connectivity index (χ1) is 16.0. The predicted octanol–water partition coefficient (Wildman–Crippen LogP) is 2.73. The molecule has 2 aromatic rings. The number of rotatable bonds is 4. The molecule has 4 heterocycles. The monoisotopic (exact) mass is 449 g/mol. The van der Waals surface area contributed by atoms with Crippen molar-refractivity contribution >= 4 is 17.6 Å². The number of anilines is 1. The number of nitrogens with one attached hydrogen (secondary N) is 2. The number of hydrogen-bond acceptors (Lipinski definition) is 5. The summed E-state index contributed by atoms with van der Waals surface area (Å²) in [6.07, 6.45) is 6.21.